The third kappa shape index (κ3) is 2.93. The minimum atomic E-state index is -0.524. The lowest BCUT2D eigenvalue weighted by Crippen LogP contribution is -2.02. The van der Waals surface area contributed by atoms with Gasteiger partial charge in [0.1, 0.15) is 11.6 Å². The van der Waals surface area contributed by atoms with Gasteiger partial charge in [-0.15, -0.1) is 0 Å². The molecule has 2 aromatic rings. The highest BCUT2D eigenvalue weighted by Gasteiger charge is 2.19. The number of rotatable bonds is 4. The van der Waals surface area contributed by atoms with E-state index in [0.717, 1.165) is 18.4 Å². The molecule has 20 heavy (non-hydrogen) atoms. The molecule has 3 heteroatoms. The van der Waals surface area contributed by atoms with E-state index in [4.69, 9.17) is 0 Å². The van der Waals surface area contributed by atoms with Gasteiger partial charge >= 0.3 is 0 Å². The Labute approximate surface area is 127 Å². The molecule has 0 radical (unpaired) electrons. The van der Waals surface area contributed by atoms with Gasteiger partial charge in [0.05, 0.1) is 4.83 Å². The van der Waals surface area contributed by atoms with Gasteiger partial charge in [-0.2, -0.15) is 0 Å². The summed E-state index contributed by atoms with van der Waals surface area (Å²) in [5, 5.41) is 0. The molecular formula is C17H17BrF2. The van der Waals surface area contributed by atoms with Crippen molar-refractivity contribution in [2.75, 3.05) is 0 Å². The van der Waals surface area contributed by atoms with E-state index >= 15 is 0 Å². The van der Waals surface area contributed by atoms with Crippen molar-refractivity contribution < 1.29 is 8.78 Å². The molecule has 0 aliphatic heterocycles. The normalized spacial score (nSPS) is 12.4. The van der Waals surface area contributed by atoms with Crippen molar-refractivity contribution in [3.05, 3.63) is 70.3 Å². The Hall–Kier alpha value is -1.22. The molecule has 0 aliphatic rings. The quantitative estimate of drug-likeness (QED) is 0.639. The van der Waals surface area contributed by atoms with Gasteiger partial charge in [-0.1, -0.05) is 54.0 Å². The third-order valence-electron chi connectivity index (χ3n) is 3.54. The summed E-state index contributed by atoms with van der Waals surface area (Å²) in [6.07, 6.45) is 1.88. The van der Waals surface area contributed by atoms with Gasteiger partial charge in [0.15, 0.2) is 0 Å². The average molecular weight is 339 g/mol. The largest absolute Gasteiger partial charge is 0.207 e. The zero-order chi connectivity index (χ0) is 14.7. The molecule has 0 aliphatic carbocycles. The smallest absolute Gasteiger partial charge is 0.130 e. The van der Waals surface area contributed by atoms with Gasteiger partial charge in [0, 0.05) is 5.56 Å². The van der Waals surface area contributed by atoms with Crippen LogP contribution in [0.25, 0.3) is 0 Å². The van der Waals surface area contributed by atoms with Crippen LogP contribution in [0.4, 0.5) is 8.78 Å². The fraction of sp³-hybridized carbons (Fsp3) is 0.294. The van der Waals surface area contributed by atoms with Crippen molar-refractivity contribution in [2.24, 2.45) is 0 Å². The number of hydrogen-bond donors (Lipinski definition) is 0. The fourth-order valence-corrected chi connectivity index (χ4v) is 3.12. The van der Waals surface area contributed by atoms with E-state index in [9.17, 15) is 8.78 Å². The van der Waals surface area contributed by atoms with E-state index in [-0.39, 0.29) is 5.56 Å². The third-order valence-corrected chi connectivity index (χ3v) is 4.52. The standard InChI is InChI=1S/C17H17BrF2/c1-3-11-8-9-13(10-12(11)4-2)17(18)16-14(19)6-5-7-15(16)20/h5-10,17H,3-4H2,1-2H3. The Morgan fingerprint density at radius 1 is 0.950 bits per heavy atom. The van der Waals surface area contributed by atoms with Crippen LogP contribution in [0, 0.1) is 11.6 Å². The van der Waals surface area contributed by atoms with E-state index < -0.39 is 16.5 Å². The van der Waals surface area contributed by atoms with Gasteiger partial charge in [0.25, 0.3) is 0 Å². The van der Waals surface area contributed by atoms with Crippen molar-refractivity contribution in [1.29, 1.82) is 0 Å². The first-order valence-corrected chi connectivity index (χ1v) is 7.69. The van der Waals surface area contributed by atoms with Crippen LogP contribution in [-0.4, -0.2) is 0 Å². The van der Waals surface area contributed by atoms with Crippen molar-refractivity contribution in [3.8, 4) is 0 Å². The lowest BCUT2D eigenvalue weighted by molar-refractivity contribution is 0.561. The monoisotopic (exact) mass is 338 g/mol. The highest BCUT2D eigenvalue weighted by molar-refractivity contribution is 9.09. The van der Waals surface area contributed by atoms with Gasteiger partial charge in [0.2, 0.25) is 0 Å². The number of aryl methyl sites for hydroxylation is 2. The van der Waals surface area contributed by atoms with Gasteiger partial charge in [-0.25, -0.2) is 8.78 Å². The van der Waals surface area contributed by atoms with Crippen LogP contribution in [0.5, 0.6) is 0 Å². The number of benzene rings is 2. The molecule has 0 saturated heterocycles. The molecule has 1 atom stereocenters. The van der Waals surface area contributed by atoms with Crippen LogP contribution in [0.3, 0.4) is 0 Å². The first-order valence-electron chi connectivity index (χ1n) is 6.78. The van der Waals surface area contributed by atoms with Crippen LogP contribution in [0.2, 0.25) is 0 Å². The van der Waals surface area contributed by atoms with Crippen LogP contribution in [0.1, 0.15) is 40.9 Å². The van der Waals surface area contributed by atoms with E-state index in [1.165, 1.54) is 29.3 Å². The zero-order valence-corrected chi connectivity index (χ0v) is 13.2. The van der Waals surface area contributed by atoms with Crippen LogP contribution in [0.15, 0.2) is 36.4 Å². The van der Waals surface area contributed by atoms with Gasteiger partial charge in [-0.05, 0) is 41.7 Å². The molecule has 0 aromatic heterocycles. The lowest BCUT2D eigenvalue weighted by Gasteiger charge is -2.15. The molecule has 0 amide bonds. The second-order valence-corrected chi connectivity index (χ2v) is 5.65. The van der Waals surface area contributed by atoms with Crippen LogP contribution < -0.4 is 0 Å². The molecule has 106 valence electrons. The minimum Gasteiger partial charge on any atom is -0.207 e. The summed E-state index contributed by atoms with van der Waals surface area (Å²) in [5.41, 5.74) is 3.46. The summed E-state index contributed by atoms with van der Waals surface area (Å²) in [6, 6.07) is 9.96. The Morgan fingerprint density at radius 2 is 1.55 bits per heavy atom. The van der Waals surface area contributed by atoms with E-state index in [1.807, 2.05) is 18.2 Å². The lowest BCUT2D eigenvalue weighted by atomic mass is 9.96. The minimum absolute atomic E-state index is 0.0683. The van der Waals surface area contributed by atoms with Crippen molar-refractivity contribution in [2.45, 2.75) is 31.5 Å². The summed E-state index contributed by atoms with van der Waals surface area (Å²) < 4.78 is 27.7. The maximum atomic E-state index is 13.8. The summed E-state index contributed by atoms with van der Waals surface area (Å²) in [5.74, 6) is -1.05. The Bertz CT molecular complexity index is 588. The van der Waals surface area contributed by atoms with E-state index in [2.05, 4.69) is 29.8 Å². The Kier molecular flexibility index (Phi) is 4.92. The van der Waals surface area contributed by atoms with E-state index in [0.29, 0.717) is 0 Å². The first kappa shape index (κ1) is 15.2. The SMILES string of the molecule is CCc1ccc(C(Br)c2c(F)cccc2F)cc1CC. The summed E-state index contributed by atoms with van der Waals surface area (Å²) in [6.45, 7) is 4.20. The highest BCUT2D eigenvalue weighted by atomic mass is 79.9. The molecule has 0 N–H and O–H groups in total. The van der Waals surface area contributed by atoms with Gasteiger partial charge in [-0.3, -0.25) is 0 Å². The molecule has 2 rings (SSSR count). The van der Waals surface area contributed by atoms with Crippen LogP contribution in [-0.2, 0) is 12.8 Å². The molecule has 2 aromatic carbocycles. The second-order valence-electron chi connectivity index (χ2n) is 4.73. The van der Waals surface area contributed by atoms with Crippen molar-refractivity contribution >= 4 is 15.9 Å². The predicted molar refractivity (Wildman–Crippen MR) is 82.3 cm³/mol. The Morgan fingerprint density at radius 3 is 2.10 bits per heavy atom. The predicted octanol–water partition coefficient (Wildman–Crippen LogP) is 5.57. The highest BCUT2D eigenvalue weighted by Crippen LogP contribution is 2.35. The molecule has 0 heterocycles. The molecule has 0 fully saturated rings. The molecule has 0 nitrogen and oxygen atoms in total. The molecule has 0 saturated carbocycles. The molecular weight excluding hydrogens is 322 g/mol. The topological polar surface area (TPSA) is 0 Å². The zero-order valence-electron chi connectivity index (χ0n) is 11.6. The van der Waals surface area contributed by atoms with Crippen molar-refractivity contribution in [1.82, 2.24) is 0 Å². The Balaban J connectivity index is 2.46. The first-order chi connectivity index (χ1) is 9.58. The molecule has 1 unspecified atom stereocenters. The number of alkyl halides is 1. The maximum Gasteiger partial charge on any atom is 0.130 e. The van der Waals surface area contributed by atoms with Gasteiger partial charge < -0.3 is 0 Å². The van der Waals surface area contributed by atoms with Crippen molar-refractivity contribution in [3.63, 3.8) is 0 Å². The number of hydrogen-bond acceptors (Lipinski definition) is 0. The summed E-state index contributed by atoms with van der Waals surface area (Å²) in [4.78, 5) is -0.472. The fourth-order valence-electron chi connectivity index (χ4n) is 2.40. The molecule has 0 spiro atoms. The summed E-state index contributed by atoms with van der Waals surface area (Å²) >= 11 is 3.43. The number of halogens is 3. The molecule has 0 bridgehead atoms. The second kappa shape index (κ2) is 6.49. The average Bonchev–Trinajstić information content (AvgIpc) is 2.46. The van der Waals surface area contributed by atoms with Crippen LogP contribution >= 0.6 is 15.9 Å². The van der Waals surface area contributed by atoms with E-state index in [1.54, 1.807) is 0 Å². The summed E-state index contributed by atoms with van der Waals surface area (Å²) in [7, 11) is 0. The maximum absolute atomic E-state index is 13.8.